The van der Waals surface area contributed by atoms with Gasteiger partial charge in [-0.05, 0) is 18.2 Å². The number of methoxy groups -OCH3 is 1. The minimum atomic E-state index is 0.557. The third kappa shape index (κ3) is 4.84. The molecular weight excluding hydrogens is 180 g/mol. The van der Waals surface area contributed by atoms with Gasteiger partial charge in [-0.3, -0.25) is 0 Å². The molecule has 1 aromatic rings. The Morgan fingerprint density at radius 2 is 2.07 bits per heavy atom. The topological polar surface area (TPSA) is 27.7 Å². The van der Waals surface area contributed by atoms with Gasteiger partial charge in [-0.15, -0.1) is 0 Å². The van der Waals surface area contributed by atoms with Gasteiger partial charge in [-0.1, -0.05) is 12.1 Å². The lowest BCUT2D eigenvalue weighted by molar-refractivity contribution is 0.0544. The first-order chi connectivity index (χ1) is 6.93. The van der Waals surface area contributed by atoms with Crippen LogP contribution in [0.5, 0.6) is 5.75 Å². The first kappa shape index (κ1) is 11.0. The van der Waals surface area contributed by atoms with Gasteiger partial charge in [0.15, 0.2) is 0 Å². The highest BCUT2D eigenvalue weighted by molar-refractivity contribution is 5.19. The Morgan fingerprint density at radius 3 is 2.79 bits per heavy atom. The molecule has 3 heteroatoms. The van der Waals surface area contributed by atoms with E-state index in [0.29, 0.717) is 26.4 Å². The van der Waals surface area contributed by atoms with E-state index in [0.717, 1.165) is 5.75 Å². The summed E-state index contributed by atoms with van der Waals surface area (Å²) < 4.78 is 15.5. The molecule has 3 nitrogen and oxygen atoms in total. The molecular formula is C11H15O3. The van der Waals surface area contributed by atoms with E-state index in [9.17, 15) is 0 Å². The van der Waals surface area contributed by atoms with Crippen LogP contribution in [0.4, 0.5) is 0 Å². The third-order valence-electron chi connectivity index (χ3n) is 1.61. The van der Waals surface area contributed by atoms with E-state index in [1.54, 1.807) is 13.2 Å². The summed E-state index contributed by atoms with van der Waals surface area (Å²) in [5.41, 5.74) is 0. The molecule has 0 fully saturated rings. The van der Waals surface area contributed by atoms with E-state index < -0.39 is 0 Å². The fourth-order valence-corrected chi connectivity index (χ4v) is 0.929. The molecule has 0 aliphatic heterocycles. The molecule has 0 aromatic heterocycles. The Balaban J connectivity index is 1.99. The highest BCUT2D eigenvalue weighted by Crippen LogP contribution is 2.06. The summed E-state index contributed by atoms with van der Waals surface area (Å²) in [6.45, 7) is 2.37. The largest absolute Gasteiger partial charge is 0.491 e. The van der Waals surface area contributed by atoms with Crippen molar-refractivity contribution in [2.24, 2.45) is 0 Å². The van der Waals surface area contributed by atoms with Crippen molar-refractivity contribution in [3.63, 3.8) is 0 Å². The van der Waals surface area contributed by atoms with Crippen LogP contribution < -0.4 is 4.74 Å². The monoisotopic (exact) mass is 195 g/mol. The minimum absolute atomic E-state index is 0.557. The summed E-state index contributed by atoms with van der Waals surface area (Å²) >= 11 is 0. The second-order valence-corrected chi connectivity index (χ2v) is 2.69. The van der Waals surface area contributed by atoms with Crippen molar-refractivity contribution in [3.8, 4) is 5.75 Å². The predicted octanol–water partition coefficient (Wildman–Crippen LogP) is 1.53. The van der Waals surface area contributed by atoms with Crippen molar-refractivity contribution in [1.29, 1.82) is 0 Å². The molecule has 0 unspecified atom stereocenters. The molecule has 77 valence electrons. The van der Waals surface area contributed by atoms with Crippen LogP contribution in [0.1, 0.15) is 0 Å². The summed E-state index contributed by atoms with van der Waals surface area (Å²) in [6, 6.07) is 10.4. The first-order valence-electron chi connectivity index (χ1n) is 4.59. The van der Waals surface area contributed by atoms with Crippen LogP contribution in [0.2, 0.25) is 0 Å². The Bertz CT molecular complexity index is 223. The van der Waals surface area contributed by atoms with E-state index in [1.807, 2.05) is 18.2 Å². The van der Waals surface area contributed by atoms with Gasteiger partial charge in [0.05, 0.1) is 19.8 Å². The third-order valence-corrected chi connectivity index (χ3v) is 1.61. The smallest absolute Gasteiger partial charge is 0.120 e. The summed E-state index contributed by atoms with van der Waals surface area (Å²) in [6.07, 6.45) is 0. The quantitative estimate of drug-likeness (QED) is 0.617. The SMILES string of the molecule is COCCOCCOc1c[c]ccc1. The van der Waals surface area contributed by atoms with Gasteiger partial charge < -0.3 is 14.2 Å². The van der Waals surface area contributed by atoms with E-state index >= 15 is 0 Å². The molecule has 0 saturated heterocycles. The highest BCUT2D eigenvalue weighted by atomic mass is 16.5. The molecule has 0 aliphatic carbocycles. The molecule has 1 radical (unpaired) electrons. The zero-order valence-electron chi connectivity index (χ0n) is 8.36. The Morgan fingerprint density at radius 1 is 1.21 bits per heavy atom. The van der Waals surface area contributed by atoms with E-state index in [1.165, 1.54) is 0 Å². The molecule has 0 spiro atoms. The van der Waals surface area contributed by atoms with Crippen LogP contribution in [0.15, 0.2) is 24.3 Å². The fraction of sp³-hybridized carbons (Fsp3) is 0.455. The second-order valence-electron chi connectivity index (χ2n) is 2.69. The second kappa shape index (κ2) is 7.35. The summed E-state index contributed by atoms with van der Waals surface area (Å²) in [7, 11) is 1.65. The number of hydrogen-bond acceptors (Lipinski definition) is 3. The van der Waals surface area contributed by atoms with Crippen molar-refractivity contribution in [3.05, 3.63) is 30.3 Å². The number of ether oxygens (including phenoxy) is 3. The van der Waals surface area contributed by atoms with E-state index in [4.69, 9.17) is 14.2 Å². The molecule has 0 N–H and O–H groups in total. The molecule has 0 amide bonds. The average molecular weight is 195 g/mol. The van der Waals surface area contributed by atoms with Gasteiger partial charge in [-0.2, -0.15) is 0 Å². The predicted molar refractivity (Wildman–Crippen MR) is 53.5 cm³/mol. The van der Waals surface area contributed by atoms with Crippen LogP contribution in [0.25, 0.3) is 0 Å². The molecule has 0 heterocycles. The van der Waals surface area contributed by atoms with Crippen molar-refractivity contribution < 1.29 is 14.2 Å². The molecule has 0 atom stereocenters. The van der Waals surface area contributed by atoms with Crippen molar-refractivity contribution in [1.82, 2.24) is 0 Å². The zero-order valence-corrected chi connectivity index (χ0v) is 8.36. The van der Waals surface area contributed by atoms with E-state index in [2.05, 4.69) is 6.07 Å². The normalized spacial score (nSPS) is 10.1. The molecule has 14 heavy (non-hydrogen) atoms. The lowest BCUT2D eigenvalue weighted by Crippen LogP contribution is -2.09. The van der Waals surface area contributed by atoms with Gasteiger partial charge in [0, 0.05) is 7.11 Å². The maximum Gasteiger partial charge on any atom is 0.120 e. The van der Waals surface area contributed by atoms with Crippen LogP contribution in [-0.2, 0) is 9.47 Å². The Labute approximate surface area is 84.6 Å². The van der Waals surface area contributed by atoms with Crippen LogP contribution in [0.3, 0.4) is 0 Å². The molecule has 1 rings (SSSR count). The van der Waals surface area contributed by atoms with Crippen LogP contribution in [-0.4, -0.2) is 33.5 Å². The summed E-state index contributed by atoms with van der Waals surface area (Å²) in [5.74, 6) is 0.822. The van der Waals surface area contributed by atoms with Crippen molar-refractivity contribution >= 4 is 0 Å². The van der Waals surface area contributed by atoms with Crippen molar-refractivity contribution in [2.75, 3.05) is 33.5 Å². The van der Waals surface area contributed by atoms with Gasteiger partial charge in [0.2, 0.25) is 0 Å². The van der Waals surface area contributed by atoms with Crippen LogP contribution >= 0.6 is 0 Å². The molecule has 0 saturated carbocycles. The lowest BCUT2D eigenvalue weighted by Gasteiger charge is -2.06. The highest BCUT2D eigenvalue weighted by Gasteiger charge is 1.91. The van der Waals surface area contributed by atoms with Crippen LogP contribution in [0, 0.1) is 6.07 Å². The molecule has 0 aliphatic rings. The van der Waals surface area contributed by atoms with Gasteiger partial charge in [0.1, 0.15) is 12.4 Å². The number of hydrogen-bond donors (Lipinski definition) is 0. The van der Waals surface area contributed by atoms with Gasteiger partial charge in [-0.25, -0.2) is 0 Å². The summed E-state index contributed by atoms with van der Waals surface area (Å²) in [4.78, 5) is 0. The Kier molecular flexibility index (Phi) is 5.79. The molecule has 0 bridgehead atoms. The Hall–Kier alpha value is -1.06. The fourth-order valence-electron chi connectivity index (χ4n) is 0.929. The maximum atomic E-state index is 5.39. The summed E-state index contributed by atoms with van der Waals surface area (Å²) in [5, 5.41) is 0. The van der Waals surface area contributed by atoms with Crippen molar-refractivity contribution in [2.45, 2.75) is 0 Å². The van der Waals surface area contributed by atoms with E-state index in [-0.39, 0.29) is 0 Å². The minimum Gasteiger partial charge on any atom is -0.491 e. The standard InChI is InChI=1S/C11H15O3/c1-12-7-8-13-9-10-14-11-5-3-2-4-6-11/h2-3,5-6H,7-10H2,1H3. The first-order valence-corrected chi connectivity index (χ1v) is 4.59. The maximum absolute atomic E-state index is 5.39. The zero-order chi connectivity index (χ0) is 10.1. The number of benzene rings is 1. The average Bonchev–Trinajstić information content (AvgIpc) is 2.25. The molecule has 1 aromatic carbocycles. The van der Waals surface area contributed by atoms with Gasteiger partial charge >= 0.3 is 0 Å². The van der Waals surface area contributed by atoms with Gasteiger partial charge in [0.25, 0.3) is 0 Å². The number of rotatable bonds is 7. The lowest BCUT2D eigenvalue weighted by atomic mass is 10.3.